The molecule has 3 aromatic carbocycles. The number of anilines is 2. The van der Waals surface area contributed by atoms with Crippen molar-refractivity contribution >= 4 is 45.0 Å². The molecule has 0 fully saturated rings. The van der Waals surface area contributed by atoms with E-state index in [9.17, 15) is 18.0 Å². The van der Waals surface area contributed by atoms with Gasteiger partial charge >= 0.3 is 0 Å². The van der Waals surface area contributed by atoms with Gasteiger partial charge in [-0.05, 0) is 49.2 Å². The molecular formula is C28H28N6O4S2. The Morgan fingerprint density at radius 3 is 2.42 bits per heavy atom. The molecule has 12 heteroatoms. The average molecular weight is 577 g/mol. The van der Waals surface area contributed by atoms with Gasteiger partial charge in [-0.25, -0.2) is 12.7 Å². The lowest BCUT2D eigenvalue weighted by Crippen LogP contribution is -2.43. The number of thioether (sulfide) groups is 1. The molecular weight excluding hydrogens is 548 g/mol. The van der Waals surface area contributed by atoms with Gasteiger partial charge in [0.2, 0.25) is 21.8 Å². The van der Waals surface area contributed by atoms with Crippen molar-refractivity contribution < 1.29 is 18.0 Å². The molecule has 2 amide bonds. The highest BCUT2D eigenvalue weighted by atomic mass is 32.2. The number of fused-ring (bicyclic) bond motifs is 1. The Labute approximate surface area is 237 Å². The van der Waals surface area contributed by atoms with Crippen LogP contribution in [0.2, 0.25) is 0 Å². The van der Waals surface area contributed by atoms with Crippen LogP contribution in [0, 0.1) is 13.8 Å². The van der Waals surface area contributed by atoms with E-state index in [4.69, 9.17) is 0 Å². The zero-order valence-electron chi connectivity index (χ0n) is 22.5. The van der Waals surface area contributed by atoms with Gasteiger partial charge in [-0.15, -0.1) is 10.2 Å². The third-order valence-corrected chi connectivity index (χ3v) is 9.29. The molecule has 4 aromatic rings. The van der Waals surface area contributed by atoms with E-state index in [0.717, 1.165) is 21.1 Å². The molecule has 5 rings (SSSR count). The summed E-state index contributed by atoms with van der Waals surface area (Å²) in [5.74, 6) is -0.0415. The molecule has 10 nitrogen and oxygen atoms in total. The number of amides is 2. The number of aromatic nitrogens is 3. The van der Waals surface area contributed by atoms with Crippen molar-refractivity contribution in [3.63, 3.8) is 0 Å². The normalized spacial score (nSPS) is 13.3. The van der Waals surface area contributed by atoms with Gasteiger partial charge in [0, 0.05) is 19.7 Å². The lowest BCUT2D eigenvalue weighted by atomic mass is 10.1. The first-order valence-electron chi connectivity index (χ1n) is 12.4. The fraction of sp³-hybridized carbons (Fsp3) is 0.214. The molecule has 1 N–H and O–H groups in total. The summed E-state index contributed by atoms with van der Waals surface area (Å²) in [5.41, 5.74) is 4.58. The van der Waals surface area contributed by atoms with Crippen molar-refractivity contribution in [2.24, 2.45) is 0 Å². The van der Waals surface area contributed by atoms with E-state index in [0.29, 0.717) is 27.9 Å². The molecule has 0 bridgehead atoms. The summed E-state index contributed by atoms with van der Waals surface area (Å²) in [6.07, 6.45) is 0. The lowest BCUT2D eigenvalue weighted by Gasteiger charge is -2.29. The second-order valence-corrected chi connectivity index (χ2v) is 12.6. The van der Waals surface area contributed by atoms with Crippen molar-refractivity contribution in [2.45, 2.75) is 23.9 Å². The highest BCUT2D eigenvalue weighted by molar-refractivity contribution is 7.99. The predicted octanol–water partition coefficient (Wildman–Crippen LogP) is 3.88. The van der Waals surface area contributed by atoms with Gasteiger partial charge in [0.15, 0.2) is 11.0 Å². The van der Waals surface area contributed by atoms with Crippen LogP contribution in [0.15, 0.2) is 76.8 Å². The predicted molar refractivity (Wildman–Crippen MR) is 155 cm³/mol. The monoisotopic (exact) mass is 576 g/mol. The zero-order valence-corrected chi connectivity index (χ0v) is 24.1. The Morgan fingerprint density at radius 2 is 1.70 bits per heavy atom. The number of benzene rings is 3. The third kappa shape index (κ3) is 5.12. The van der Waals surface area contributed by atoms with Gasteiger partial charge in [-0.2, -0.15) is 0 Å². The number of carbonyl (C=O) groups excluding carboxylic acids is 2. The Morgan fingerprint density at radius 1 is 1.00 bits per heavy atom. The lowest BCUT2D eigenvalue weighted by molar-refractivity contribution is -0.120. The summed E-state index contributed by atoms with van der Waals surface area (Å²) in [6.45, 7) is 3.88. The third-order valence-electron chi connectivity index (χ3n) is 6.56. The summed E-state index contributed by atoms with van der Waals surface area (Å²) in [6, 6.07) is 19.6. The van der Waals surface area contributed by atoms with E-state index < -0.39 is 10.0 Å². The summed E-state index contributed by atoms with van der Waals surface area (Å²) >= 11 is 1.21. The Balaban J connectivity index is 1.54. The van der Waals surface area contributed by atoms with Crippen LogP contribution in [-0.2, 0) is 19.6 Å². The number of sulfonamides is 1. The Hall–Kier alpha value is -4.00. The Kier molecular flexibility index (Phi) is 7.49. The van der Waals surface area contributed by atoms with E-state index >= 15 is 0 Å². The minimum absolute atomic E-state index is 0.0136. The van der Waals surface area contributed by atoms with E-state index in [1.807, 2.05) is 42.7 Å². The van der Waals surface area contributed by atoms with Crippen LogP contribution in [0.25, 0.3) is 17.1 Å². The number of carbonyl (C=O) groups is 2. The topological polar surface area (TPSA) is 117 Å². The second-order valence-electron chi connectivity index (χ2n) is 9.53. The molecule has 0 saturated heterocycles. The van der Waals surface area contributed by atoms with E-state index in [2.05, 4.69) is 15.5 Å². The van der Waals surface area contributed by atoms with Crippen molar-refractivity contribution in [1.82, 2.24) is 19.1 Å². The molecule has 2 heterocycles. The quantitative estimate of drug-likeness (QED) is 0.332. The molecule has 1 aliphatic heterocycles. The summed E-state index contributed by atoms with van der Waals surface area (Å²) < 4.78 is 28.7. The average Bonchev–Trinajstić information content (AvgIpc) is 3.34. The first kappa shape index (κ1) is 27.6. The summed E-state index contributed by atoms with van der Waals surface area (Å²) in [7, 11) is -0.702. The number of aryl methyl sites for hydroxylation is 2. The highest BCUT2D eigenvalue weighted by Crippen LogP contribution is 2.34. The number of nitrogens with one attached hydrogen (secondary N) is 1. The molecule has 0 radical (unpaired) electrons. The number of hydrogen-bond acceptors (Lipinski definition) is 7. The fourth-order valence-corrected chi connectivity index (χ4v) is 6.34. The maximum Gasteiger partial charge on any atom is 0.244 e. The number of para-hydroxylation sites is 3. The van der Waals surface area contributed by atoms with Crippen LogP contribution in [0.1, 0.15) is 11.1 Å². The van der Waals surface area contributed by atoms with Crippen molar-refractivity contribution in [3.05, 3.63) is 77.9 Å². The van der Waals surface area contributed by atoms with Crippen molar-refractivity contribution in [3.8, 4) is 17.1 Å². The molecule has 0 unspecified atom stereocenters. The smallest absolute Gasteiger partial charge is 0.244 e. The van der Waals surface area contributed by atoms with Crippen molar-refractivity contribution in [1.29, 1.82) is 0 Å². The van der Waals surface area contributed by atoms with Crippen molar-refractivity contribution in [2.75, 3.05) is 36.6 Å². The van der Waals surface area contributed by atoms with Gasteiger partial charge < -0.3 is 10.2 Å². The van der Waals surface area contributed by atoms with Gasteiger partial charge in [0.05, 0.1) is 27.7 Å². The molecule has 0 saturated carbocycles. The molecule has 1 aromatic heterocycles. The van der Waals surface area contributed by atoms with Crippen LogP contribution < -0.4 is 10.2 Å². The van der Waals surface area contributed by atoms with E-state index in [1.165, 1.54) is 30.8 Å². The van der Waals surface area contributed by atoms with E-state index in [1.54, 1.807) is 42.5 Å². The maximum absolute atomic E-state index is 13.4. The standard InChI is InChI=1S/C28H28N6O4S2/c1-18-9-7-10-19(2)26(18)34-27(20-11-8-12-21(15-20)40(37,38)32(3)4)30-31-28(34)39-17-25(36)33-16-24(35)29-22-13-5-6-14-23(22)33/h5-15H,16-17H2,1-4H3,(H,29,35). The van der Waals surface area contributed by atoms with E-state index in [-0.39, 0.29) is 29.0 Å². The Bertz CT molecular complexity index is 1710. The minimum Gasteiger partial charge on any atom is -0.323 e. The second kappa shape index (κ2) is 10.9. The molecule has 0 aliphatic carbocycles. The van der Waals surface area contributed by atoms with Crippen LogP contribution in [0.4, 0.5) is 11.4 Å². The minimum atomic E-state index is -3.67. The first-order valence-corrected chi connectivity index (χ1v) is 14.9. The van der Waals surface area contributed by atoms with Crippen LogP contribution in [-0.4, -0.2) is 65.7 Å². The van der Waals surface area contributed by atoms with Crippen LogP contribution in [0.5, 0.6) is 0 Å². The number of rotatable bonds is 7. The SMILES string of the molecule is Cc1cccc(C)c1-n1c(SCC(=O)N2CC(=O)Nc3ccccc32)nnc1-c1cccc(S(=O)(=O)N(C)C)c1. The number of hydrogen-bond donors (Lipinski definition) is 1. The zero-order chi connectivity index (χ0) is 28.6. The molecule has 0 spiro atoms. The first-order chi connectivity index (χ1) is 19.1. The highest BCUT2D eigenvalue weighted by Gasteiger charge is 2.28. The maximum atomic E-state index is 13.4. The number of nitrogens with zero attached hydrogens (tertiary/aromatic N) is 5. The molecule has 1 aliphatic rings. The van der Waals surface area contributed by atoms with Gasteiger partial charge in [-0.3, -0.25) is 14.2 Å². The summed E-state index contributed by atoms with van der Waals surface area (Å²) in [4.78, 5) is 27.2. The summed E-state index contributed by atoms with van der Waals surface area (Å²) in [5, 5.41) is 12.1. The molecule has 0 atom stereocenters. The molecule has 40 heavy (non-hydrogen) atoms. The van der Waals surface area contributed by atoms with Crippen LogP contribution in [0.3, 0.4) is 0 Å². The largest absolute Gasteiger partial charge is 0.323 e. The molecule has 206 valence electrons. The van der Waals surface area contributed by atoms with Gasteiger partial charge in [0.1, 0.15) is 6.54 Å². The fourth-order valence-electron chi connectivity index (χ4n) is 4.58. The van der Waals surface area contributed by atoms with Crippen LogP contribution >= 0.6 is 11.8 Å². The van der Waals surface area contributed by atoms with Gasteiger partial charge in [-0.1, -0.05) is 54.2 Å². The van der Waals surface area contributed by atoms with Gasteiger partial charge in [0.25, 0.3) is 0 Å².